The van der Waals surface area contributed by atoms with Gasteiger partial charge in [-0.3, -0.25) is 14.2 Å². The predicted molar refractivity (Wildman–Crippen MR) is 107 cm³/mol. The third-order valence-electron chi connectivity index (χ3n) is 5.46. The number of nitrogens with zero attached hydrogens (tertiary/aromatic N) is 2. The zero-order valence-electron chi connectivity index (χ0n) is 15.2. The van der Waals surface area contributed by atoms with E-state index in [0.717, 1.165) is 42.3 Å². The van der Waals surface area contributed by atoms with Crippen LogP contribution in [-0.2, 0) is 24.7 Å². The van der Waals surface area contributed by atoms with Crippen molar-refractivity contribution in [2.45, 2.75) is 69.0 Å². The molecule has 1 amide bonds. The first kappa shape index (κ1) is 18.0. The van der Waals surface area contributed by atoms with Crippen molar-refractivity contribution in [1.29, 1.82) is 0 Å². The van der Waals surface area contributed by atoms with Gasteiger partial charge in [0.05, 0.1) is 11.1 Å². The number of hydrogen-bond acceptors (Lipinski definition) is 5. The zero-order valence-corrected chi connectivity index (χ0v) is 16.8. The monoisotopic (exact) mass is 391 g/mol. The average molecular weight is 392 g/mol. The Kier molecular flexibility index (Phi) is 5.36. The van der Waals surface area contributed by atoms with Crippen LogP contribution in [0.15, 0.2) is 9.95 Å². The fraction of sp³-hybridized carbons (Fsp3) is 0.632. The molecule has 0 atom stereocenters. The highest BCUT2D eigenvalue weighted by Crippen LogP contribution is 2.35. The zero-order chi connectivity index (χ0) is 18.1. The number of amides is 1. The Hall–Kier alpha value is -1.34. The average Bonchev–Trinajstić information content (AvgIpc) is 3.10. The van der Waals surface area contributed by atoms with Gasteiger partial charge in [0.15, 0.2) is 5.16 Å². The number of carbonyl (C=O) groups excluding carboxylic acids is 1. The van der Waals surface area contributed by atoms with Crippen LogP contribution >= 0.6 is 23.1 Å². The second-order valence-electron chi connectivity index (χ2n) is 7.34. The van der Waals surface area contributed by atoms with Crippen molar-refractivity contribution in [1.82, 2.24) is 14.9 Å². The lowest BCUT2D eigenvalue weighted by atomic mass is 10.1. The van der Waals surface area contributed by atoms with Crippen molar-refractivity contribution >= 4 is 39.2 Å². The molecule has 5 nitrogen and oxygen atoms in total. The van der Waals surface area contributed by atoms with Crippen molar-refractivity contribution in [2.75, 3.05) is 5.75 Å². The van der Waals surface area contributed by atoms with E-state index in [0.29, 0.717) is 17.0 Å². The van der Waals surface area contributed by atoms with Crippen LogP contribution in [0, 0.1) is 0 Å². The van der Waals surface area contributed by atoms with Crippen molar-refractivity contribution in [3.05, 3.63) is 20.8 Å². The van der Waals surface area contributed by atoms with Gasteiger partial charge in [-0.15, -0.1) is 11.3 Å². The van der Waals surface area contributed by atoms with Crippen LogP contribution in [0.4, 0.5) is 0 Å². The van der Waals surface area contributed by atoms with E-state index in [1.165, 1.54) is 47.9 Å². The molecule has 4 rings (SSSR count). The van der Waals surface area contributed by atoms with Gasteiger partial charge in [-0.25, -0.2) is 4.98 Å². The third kappa shape index (κ3) is 3.56. The first-order chi connectivity index (χ1) is 12.6. The Bertz CT molecular complexity index is 879. The molecule has 1 N–H and O–H groups in total. The van der Waals surface area contributed by atoms with E-state index in [1.807, 2.05) is 0 Å². The minimum absolute atomic E-state index is 0.0288. The summed E-state index contributed by atoms with van der Waals surface area (Å²) in [6.45, 7) is 0. The maximum atomic E-state index is 12.8. The molecule has 2 heterocycles. The second-order valence-corrected chi connectivity index (χ2v) is 9.37. The summed E-state index contributed by atoms with van der Waals surface area (Å²) in [6.07, 6.45) is 10.3. The summed E-state index contributed by atoms with van der Waals surface area (Å²) in [6, 6.07) is 0.310. The highest BCUT2D eigenvalue weighted by Gasteiger charge is 2.23. The topological polar surface area (TPSA) is 64.0 Å². The smallest absolute Gasteiger partial charge is 0.262 e. The number of nitrogens with one attached hydrogen (secondary N) is 1. The van der Waals surface area contributed by atoms with E-state index in [1.54, 1.807) is 23.0 Å². The molecule has 0 bridgehead atoms. The van der Waals surface area contributed by atoms with E-state index >= 15 is 0 Å². The van der Waals surface area contributed by atoms with Gasteiger partial charge in [-0.2, -0.15) is 0 Å². The summed E-state index contributed by atoms with van der Waals surface area (Å²) in [4.78, 5) is 32.0. The van der Waals surface area contributed by atoms with Crippen LogP contribution in [0.5, 0.6) is 0 Å². The molecule has 2 aliphatic carbocycles. The van der Waals surface area contributed by atoms with Gasteiger partial charge in [0.1, 0.15) is 4.83 Å². The Labute approximate surface area is 161 Å². The number of aromatic nitrogens is 2. The first-order valence-electron chi connectivity index (χ1n) is 9.57. The summed E-state index contributed by atoms with van der Waals surface area (Å²) < 4.78 is 1.61. The van der Waals surface area contributed by atoms with Crippen LogP contribution in [0.25, 0.3) is 10.2 Å². The van der Waals surface area contributed by atoms with Crippen molar-refractivity contribution in [3.63, 3.8) is 0 Å². The molecule has 0 radical (unpaired) electrons. The first-order valence-corrected chi connectivity index (χ1v) is 11.4. The number of thiophene rings is 1. The normalized spacial score (nSPS) is 18.0. The van der Waals surface area contributed by atoms with E-state index in [4.69, 9.17) is 4.98 Å². The maximum absolute atomic E-state index is 12.8. The Morgan fingerprint density at radius 3 is 2.77 bits per heavy atom. The van der Waals surface area contributed by atoms with Crippen LogP contribution in [-0.4, -0.2) is 27.3 Å². The largest absolute Gasteiger partial charge is 0.353 e. The Morgan fingerprint density at radius 1 is 1.23 bits per heavy atom. The molecule has 2 aliphatic rings. The summed E-state index contributed by atoms with van der Waals surface area (Å²) in [5.74, 6) is 0.359. The fourth-order valence-corrected chi connectivity index (χ4v) is 6.14. The second kappa shape index (κ2) is 7.72. The van der Waals surface area contributed by atoms with Gasteiger partial charge < -0.3 is 5.32 Å². The molecule has 0 unspecified atom stereocenters. The van der Waals surface area contributed by atoms with E-state index in [2.05, 4.69) is 5.32 Å². The van der Waals surface area contributed by atoms with Gasteiger partial charge in [-0.1, -0.05) is 37.4 Å². The third-order valence-corrected chi connectivity index (χ3v) is 7.67. The van der Waals surface area contributed by atoms with E-state index in [9.17, 15) is 9.59 Å². The minimum Gasteiger partial charge on any atom is -0.353 e. The van der Waals surface area contributed by atoms with Gasteiger partial charge in [0.2, 0.25) is 5.91 Å². The molecule has 140 valence electrons. The van der Waals surface area contributed by atoms with Crippen molar-refractivity contribution in [2.24, 2.45) is 7.05 Å². The summed E-state index contributed by atoms with van der Waals surface area (Å²) in [5, 5.41) is 4.60. The molecule has 0 saturated heterocycles. The Morgan fingerprint density at radius 2 is 2.00 bits per heavy atom. The number of carbonyl (C=O) groups is 1. The molecule has 7 heteroatoms. The number of aryl methyl sites for hydroxylation is 2. The fourth-order valence-electron chi connectivity index (χ4n) is 4.06. The number of fused-ring (bicyclic) bond motifs is 3. The lowest BCUT2D eigenvalue weighted by Gasteiger charge is -2.16. The van der Waals surface area contributed by atoms with Crippen molar-refractivity contribution in [3.8, 4) is 0 Å². The number of hydrogen-bond donors (Lipinski definition) is 1. The quantitative estimate of drug-likeness (QED) is 0.493. The lowest BCUT2D eigenvalue weighted by molar-refractivity contribution is -0.119. The summed E-state index contributed by atoms with van der Waals surface area (Å²) >= 11 is 3.02. The number of thioether (sulfide) groups is 1. The molecule has 1 fully saturated rings. The highest BCUT2D eigenvalue weighted by atomic mass is 32.2. The lowest BCUT2D eigenvalue weighted by Crippen LogP contribution is -2.35. The number of rotatable bonds is 4. The molecule has 2 aromatic rings. The standard InChI is InChI=1S/C19H25N3O2S2/c1-22-18(24)16-13-9-6-10-14(13)26-17(16)21-19(22)25-11-15(23)20-12-7-4-2-3-5-8-12/h12H,2-11H2,1H3,(H,20,23). The van der Waals surface area contributed by atoms with Crippen molar-refractivity contribution < 1.29 is 4.79 Å². The molecule has 0 aromatic carbocycles. The Balaban J connectivity index is 1.46. The van der Waals surface area contributed by atoms with E-state index < -0.39 is 0 Å². The molecule has 0 aliphatic heterocycles. The molecule has 26 heavy (non-hydrogen) atoms. The van der Waals surface area contributed by atoms with E-state index in [-0.39, 0.29) is 11.5 Å². The van der Waals surface area contributed by atoms with Gasteiger partial charge >= 0.3 is 0 Å². The molecule has 0 spiro atoms. The molecular weight excluding hydrogens is 366 g/mol. The van der Waals surface area contributed by atoms with Crippen LogP contribution in [0.1, 0.15) is 55.4 Å². The van der Waals surface area contributed by atoms with Crippen LogP contribution in [0.2, 0.25) is 0 Å². The van der Waals surface area contributed by atoms with Gasteiger partial charge in [0, 0.05) is 18.0 Å². The SMILES string of the molecule is Cn1c(SCC(=O)NC2CCCCCC2)nc2sc3c(c2c1=O)CCC3. The maximum Gasteiger partial charge on any atom is 0.262 e. The van der Waals surface area contributed by atoms with Gasteiger partial charge in [0.25, 0.3) is 5.56 Å². The summed E-state index contributed by atoms with van der Waals surface area (Å²) in [5.41, 5.74) is 1.24. The highest BCUT2D eigenvalue weighted by molar-refractivity contribution is 7.99. The van der Waals surface area contributed by atoms with Crippen LogP contribution in [0.3, 0.4) is 0 Å². The van der Waals surface area contributed by atoms with Gasteiger partial charge in [-0.05, 0) is 37.7 Å². The molecular formula is C19H25N3O2S2. The molecule has 2 aromatic heterocycles. The summed E-state index contributed by atoms with van der Waals surface area (Å²) in [7, 11) is 1.76. The minimum atomic E-state index is 0.0288. The predicted octanol–water partition coefficient (Wildman–Crippen LogP) is 3.41. The molecule has 1 saturated carbocycles. The van der Waals surface area contributed by atoms with Crippen LogP contribution < -0.4 is 10.9 Å².